The number of hydrogen-bond donors (Lipinski definition) is 5. The van der Waals surface area contributed by atoms with E-state index in [9.17, 15) is 14.4 Å². The van der Waals surface area contributed by atoms with E-state index in [0.29, 0.717) is 35.9 Å². The standard InChI is InChI=1S/C10H9NO2.2C6H13NO2/c1-6-4-10(12)13-9-5-7(11)2-3-8(6)9;2*1-4(2)3-5(7)6(8)9/h2-5H,11H2,1H3;2*4-5H,3,7H2,1-2H3,(H,8,9). The highest BCUT2D eigenvalue weighted by Crippen LogP contribution is 2.18. The first kappa shape index (κ1) is 28.1. The quantitative estimate of drug-likeness (QED) is 0.335. The SMILES string of the molecule is CC(C)CC(N)C(=O)O.CC(C)CC(N)C(=O)O.Cc1cc(=O)oc2cc(N)ccc12. The van der Waals surface area contributed by atoms with Crippen LogP contribution in [-0.2, 0) is 9.59 Å². The van der Waals surface area contributed by atoms with E-state index in [0.717, 1.165) is 10.9 Å². The molecule has 174 valence electrons. The Labute approximate surface area is 182 Å². The highest BCUT2D eigenvalue weighted by molar-refractivity contribution is 5.82. The van der Waals surface area contributed by atoms with Crippen molar-refractivity contribution in [2.24, 2.45) is 23.3 Å². The van der Waals surface area contributed by atoms with Gasteiger partial charge in [0.2, 0.25) is 0 Å². The molecule has 2 atom stereocenters. The van der Waals surface area contributed by atoms with Crippen LogP contribution < -0.4 is 22.8 Å². The molecule has 2 unspecified atom stereocenters. The monoisotopic (exact) mass is 437 g/mol. The summed E-state index contributed by atoms with van der Waals surface area (Å²) in [5.74, 6) is -1.11. The number of carbonyl (C=O) groups is 2. The molecule has 2 aromatic rings. The molecule has 0 saturated carbocycles. The molecule has 1 heterocycles. The largest absolute Gasteiger partial charge is 0.480 e. The van der Waals surface area contributed by atoms with Crippen LogP contribution in [-0.4, -0.2) is 34.2 Å². The van der Waals surface area contributed by atoms with Crippen LogP contribution in [0.4, 0.5) is 5.69 Å². The van der Waals surface area contributed by atoms with Crippen molar-refractivity contribution in [2.45, 2.75) is 59.5 Å². The first-order valence-electron chi connectivity index (χ1n) is 10.0. The Morgan fingerprint density at radius 2 is 1.39 bits per heavy atom. The molecule has 0 fully saturated rings. The average Bonchev–Trinajstić information content (AvgIpc) is 2.60. The smallest absolute Gasteiger partial charge is 0.336 e. The Morgan fingerprint density at radius 3 is 1.74 bits per heavy atom. The highest BCUT2D eigenvalue weighted by Gasteiger charge is 2.12. The molecule has 0 radical (unpaired) electrons. The van der Waals surface area contributed by atoms with E-state index < -0.39 is 24.0 Å². The lowest BCUT2D eigenvalue weighted by molar-refractivity contribution is -0.139. The predicted molar refractivity (Wildman–Crippen MR) is 122 cm³/mol. The lowest BCUT2D eigenvalue weighted by Crippen LogP contribution is -2.31. The summed E-state index contributed by atoms with van der Waals surface area (Å²) in [4.78, 5) is 31.2. The second kappa shape index (κ2) is 13.4. The van der Waals surface area contributed by atoms with Crippen molar-refractivity contribution in [1.29, 1.82) is 0 Å². The average molecular weight is 438 g/mol. The molecule has 9 heteroatoms. The van der Waals surface area contributed by atoms with E-state index in [4.69, 9.17) is 31.8 Å². The molecule has 0 amide bonds. The Bertz CT molecular complexity index is 882. The molecule has 31 heavy (non-hydrogen) atoms. The fourth-order valence-electron chi connectivity index (χ4n) is 2.56. The van der Waals surface area contributed by atoms with E-state index in [2.05, 4.69) is 0 Å². The lowest BCUT2D eigenvalue weighted by atomic mass is 10.1. The summed E-state index contributed by atoms with van der Waals surface area (Å²) in [5.41, 5.74) is 17.7. The van der Waals surface area contributed by atoms with Crippen molar-refractivity contribution in [3.05, 3.63) is 40.2 Å². The fourth-order valence-corrected chi connectivity index (χ4v) is 2.56. The topological polar surface area (TPSA) is 183 Å². The number of aliphatic carboxylic acids is 2. The van der Waals surface area contributed by atoms with Crippen molar-refractivity contribution in [3.63, 3.8) is 0 Å². The highest BCUT2D eigenvalue weighted by atomic mass is 16.4. The summed E-state index contributed by atoms with van der Waals surface area (Å²) < 4.78 is 4.99. The van der Waals surface area contributed by atoms with Gasteiger partial charge in [0.15, 0.2) is 0 Å². The zero-order valence-electron chi connectivity index (χ0n) is 18.8. The van der Waals surface area contributed by atoms with Gasteiger partial charge in [-0.3, -0.25) is 9.59 Å². The number of nitrogen functional groups attached to an aromatic ring is 1. The van der Waals surface area contributed by atoms with Crippen LogP contribution in [0.3, 0.4) is 0 Å². The normalized spacial score (nSPS) is 12.4. The molecular weight excluding hydrogens is 402 g/mol. The van der Waals surface area contributed by atoms with Gasteiger partial charge in [0.05, 0.1) is 0 Å². The Balaban J connectivity index is 0.000000452. The van der Waals surface area contributed by atoms with Gasteiger partial charge in [-0.1, -0.05) is 27.7 Å². The molecular formula is C22H35N3O6. The lowest BCUT2D eigenvalue weighted by Gasteiger charge is -2.07. The number of carboxylic acids is 2. The third-order valence-electron chi connectivity index (χ3n) is 4.06. The van der Waals surface area contributed by atoms with Gasteiger partial charge < -0.3 is 31.8 Å². The summed E-state index contributed by atoms with van der Waals surface area (Å²) in [6, 6.07) is 5.38. The van der Waals surface area contributed by atoms with Crippen LogP contribution in [0.1, 0.15) is 46.1 Å². The van der Waals surface area contributed by atoms with Crippen molar-refractivity contribution < 1.29 is 24.2 Å². The van der Waals surface area contributed by atoms with E-state index in [1.54, 1.807) is 12.1 Å². The van der Waals surface area contributed by atoms with Gasteiger partial charge >= 0.3 is 17.6 Å². The van der Waals surface area contributed by atoms with E-state index in [1.807, 2.05) is 40.7 Å². The van der Waals surface area contributed by atoms with Gasteiger partial charge in [0, 0.05) is 23.2 Å². The minimum absolute atomic E-state index is 0.337. The van der Waals surface area contributed by atoms with Gasteiger partial charge in [0.25, 0.3) is 0 Å². The van der Waals surface area contributed by atoms with Crippen molar-refractivity contribution in [1.82, 2.24) is 0 Å². The molecule has 1 aromatic heterocycles. The fraction of sp³-hybridized carbons (Fsp3) is 0.500. The number of fused-ring (bicyclic) bond motifs is 1. The van der Waals surface area contributed by atoms with Gasteiger partial charge in [-0.25, -0.2) is 4.79 Å². The molecule has 0 aliphatic rings. The Kier molecular flexibility index (Phi) is 12.1. The van der Waals surface area contributed by atoms with E-state index in [-0.39, 0.29) is 5.63 Å². The zero-order chi connectivity index (χ0) is 24.3. The third-order valence-corrected chi connectivity index (χ3v) is 4.06. The molecule has 0 spiro atoms. The van der Waals surface area contributed by atoms with Crippen molar-refractivity contribution in [2.75, 3.05) is 5.73 Å². The number of benzene rings is 1. The van der Waals surface area contributed by atoms with Crippen molar-refractivity contribution >= 4 is 28.6 Å². The number of anilines is 1. The van der Waals surface area contributed by atoms with Crippen LogP contribution >= 0.6 is 0 Å². The zero-order valence-corrected chi connectivity index (χ0v) is 18.8. The predicted octanol–water partition coefficient (Wildman–Crippen LogP) is 2.57. The molecule has 0 bridgehead atoms. The van der Waals surface area contributed by atoms with Crippen LogP contribution in [0, 0.1) is 18.8 Å². The van der Waals surface area contributed by atoms with Crippen LogP contribution in [0.25, 0.3) is 11.0 Å². The van der Waals surface area contributed by atoms with E-state index in [1.165, 1.54) is 6.07 Å². The second-order valence-corrected chi connectivity index (χ2v) is 8.15. The third kappa shape index (κ3) is 11.8. The molecule has 9 nitrogen and oxygen atoms in total. The van der Waals surface area contributed by atoms with Gasteiger partial charge in [-0.2, -0.15) is 0 Å². The summed E-state index contributed by atoms with van der Waals surface area (Å²) in [5, 5.41) is 17.5. The molecule has 1 aromatic carbocycles. The maximum absolute atomic E-state index is 11.0. The second-order valence-electron chi connectivity index (χ2n) is 8.15. The number of carboxylic acid groups (broad SMARTS) is 2. The summed E-state index contributed by atoms with van der Waals surface area (Å²) in [7, 11) is 0. The summed E-state index contributed by atoms with van der Waals surface area (Å²) in [6.07, 6.45) is 1.10. The van der Waals surface area contributed by atoms with E-state index >= 15 is 0 Å². The molecule has 2 rings (SSSR count). The van der Waals surface area contributed by atoms with Gasteiger partial charge in [-0.15, -0.1) is 0 Å². The van der Waals surface area contributed by atoms with Gasteiger partial charge in [0.1, 0.15) is 17.7 Å². The minimum Gasteiger partial charge on any atom is -0.480 e. The van der Waals surface area contributed by atoms with Crippen LogP contribution in [0.5, 0.6) is 0 Å². The van der Waals surface area contributed by atoms with Crippen LogP contribution in [0.15, 0.2) is 33.5 Å². The Morgan fingerprint density at radius 1 is 0.935 bits per heavy atom. The van der Waals surface area contributed by atoms with Crippen molar-refractivity contribution in [3.8, 4) is 0 Å². The maximum atomic E-state index is 11.0. The number of rotatable bonds is 6. The minimum atomic E-state index is -0.913. The summed E-state index contributed by atoms with van der Waals surface area (Å²) >= 11 is 0. The first-order chi connectivity index (χ1) is 14.2. The molecule has 0 saturated heterocycles. The summed E-state index contributed by atoms with van der Waals surface area (Å²) in [6.45, 7) is 9.66. The maximum Gasteiger partial charge on any atom is 0.336 e. The number of nitrogens with two attached hydrogens (primary N) is 3. The Hall–Kier alpha value is -2.91. The van der Waals surface area contributed by atoms with Crippen LogP contribution in [0.2, 0.25) is 0 Å². The number of hydrogen-bond acceptors (Lipinski definition) is 7. The first-order valence-corrected chi connectivity index (χ1v) is 10.0. The molecule has 0 aliphatic heterocycles. The number of aryl methyl sites for hydroxylation is 1. The van der Waals surface area contributed by atoms with Gasteiger partial charge in [-0.05, 0) is 49.3 Å². The molecule has 0 aliphatic carbocycles. The molecule has 8 N–H and O–H groups in total.